The largest absolute Gasteiger partial charge is 0.361 e. The smallest absolute Gasteiger partial charge is 0.271 e. The number of fused-ring (bicyclic) bond motifs is 1. The molecule has 0 aliphatic heterocycles. The molecular weight excluding hydrogens is 254 g/mol. The van der Waals surface area contributed by atoms with Gasteiger partial charge in [-0.1, -0.05) is 24.3 Å². The van der Waals surface area contributed by atoms with Crippen LogP contribution in [0.15, 0.2) is 59.7 Å². The van der Waals surface area contributed by atoms with Crippen molar-refractivity contribution in [2.24, 2.45) is 4.99 Å². The number of nitro groups is 1. The van der Waals surface area contributed by atoms with Crippen LogP contribution in [0, 0.1) is 10.1 Å². The first kappa shape index (κ1) is 12.1. The van der Waals surface area contributed by atoms with Gasteiger partial charge in [-0.3, -0.25) is 15.1 Å². The van der Waals surface area contributed by atoms with E-state index in [4.69, 9.17) is 0 Å². The van der Waals surface area contributed by atoms with Gasteiger partial charge in [-0.05, 0) is 12.1 Å². The zero-order valence-electron chi connectivity index (χ0n) is 10.5. The lowest BCUT2D eigenvalue weighted by Gasteiger charge is -1.94. The number of para-hydroxylation sites is 1. The van der Waals surface area contributed by atoms with Crippen LogP contribution in [-0.2, 0) is 0 Å². The molecule has 98 valence electrons. The molecule has 1 heterocycles. The first-order valence-corrected chi connectivity index (χ1v) is 6.09. The van der Waals surface area contributed by atoms with Gasteiger partial charge in [0.25, 0.3) is 5.69 Å². The van der Waals surface area contributed by atoms with Crippen LogP contribution in [0.1, 0.15) is 5.56 Å². The number of hydrogen-bond acceptors (Lipinski definition) is 3. The number of nitrogens with one attached hydrogen (secondary N) is 1. The molecule has 0 bridgehead atoms. The van der Waals surface area contributed by atoms with E-state index in [1.165, 1.54) is 12.1 Å². The first-order chi connectivity index (χ1) is 9.74. The Kier molecular flexibility index (Phi) is 3.01. The molecular formula is C15H11N3O2. The molecule has 5 nitrogen and oxygen atoms in total. The Morgan fingerprint density at radius 2 is 2.00 bits per heavy atom. The van der Waals surface area contributed by atoms with Crippen LogP contribution in [0.5, 0.6) is 0 Å². The topological polar surface area (TPSA) is 71.3 Å². The summed E-state index contributed by atoms with van der Waals surface area (Å²) >= 11 is 0. The van der Waals surface area contributed by atoms with E-state index in [2.05, 4.69) is 9.98 Å². The van der Waals surface area contributed by atoms with E-state index < -0.39 is 4.92 Å². The van der Waals surface area contributed by atoms with Crippen molar-refractivity contribution >= 4 is 28.5 Å². The standard InChI is InChI=1S/C15H11N3O2/c19-18(20)13-5-3-4-12(8-13)16-9-11-10-17-15-7-2-1-6-14(11)15/h1-10,17H. The van der Waals surface area contributed by atoms with Crippen LogP contribution < -0.4 is 0 Å². The second-order valence-electron chi connectivity index (χ2n) is 4.32. The maximum atomic E-state index is 10.7. The SMILES string of the molecule is O=[N+]([O-])c1cccc(N=Cc2c[nH]c3ccccc23)c1. The minimum Gasteiger partial charge on any atom is -0.361 e. The van der Waals surface area contributed by atoms with Gasteiger partial charge in [0.2, 0.25) is 0 Å². The molecule has 0 spiro atoms. The number of rotatable bonds is 3. The van der Waals surface area contributed by atoms with Gasteiger partial charge in [0.05, 0.1) is 10.6 Å². The number of aliphatic imine (C=N–C) groups is 1. The number of nitro benzene ring substituents is 1. The normalized spacial score (nSPS) is 11.2. The lowest BCUT2D eigenvalue weighted by atomic mass is 10.2. The van der Waals surface area contributed by atoms with E-state index in [9.17, 15) is 10.1 Å². The highest BCUT2D eigenvalue weighted by Crippen LogP contribution is 2.21. The molecule has 5 heteroatoms. The number of benzene rings is 2. The van der Waals surface area contributed by atoms with Crippen LogP contribution in [0.25, 0.3) is 10.9 Å². The van der Waals surface area contributed by atoms with Gasteiger partial charge in [-0.15, -0.1) is 0 Å². The number of aromatic amines is 1. The van der Waals surface area contributed by atoms with Crippen LogP contribution >= 0.6 is 0 Å². The van der Waals surface area contributed by atoms with Gasteiger partial charge >= 0.3 is 0 Å². The molecule has 3 aromatic rings. The molecule has 0 amide bonds. The summed E-state index contributed by atoms with van der Waals surface area (Å²) < 4.78 is 0. The Morgan fingerprint density at radius 3 is 2.85 bits per heavy atom. The molecule has 1 N–H and O–H groups in total. The summed E-state index contributed by atoms with van der Waals surface area (Å²) in [7, 11) is 0. The van der Waals surface area contributed by atoms with Crippen LogP contribution in [0.2, 0.25) is 0 Å². The molecule has 0 radical (unpaired) electrons. The number of non-ortho nitro benzene ring substituents is 1. The number of aromatic nitrogens is 1. The summed E-state index contributed by atoms with van der Waals surface area (Å²) in [5.74, 6) is 0. The van der Waals surface area contributed by atoms with Gasteiger partial charge in [0.15, 0.2) is 0 Å². The van der Waals surface area contributed by atoms with Crippen LogP contribution in [0.3, 0.4) is 0 Å². The molecule has 0 unspecified atom stereocenters. The predicted molar refractivity (Wildman–Crippen MR) is 78.6 cm³/mol. The summed E-state index contributed by atoms with van der Waals surface area (Å²) in [6.07, 6.45) is 3.57. The fourth-order valence-electron chi connectivity index (χ4n) is 2.03. The molecule has 2 aromatic carbocycles. The third-order valence-electron chi connectivity index (χ3n) is 3.01. The van der Waals surface area contributed by atoms with Crippen LogP contribution in [-0.4, -0.2) is 16.1 Å². The van der Waals surface area contributed by atoms with Gasteiger partial charge in [0.1, 0.15) is 0 Å². The molecule has 3 rings (SSSR count). The Bertz CT molecular complexity index is 805. The number of nitrogens with zero attached hydrogens (tertiary/aromatic N) is 2. The van der Waals surface area contributed by atoms with E-state index in [-0.39, 0.29) is 5.69 Å². The van der Waals surface area contributed by atoms with Crippen molar-refractivity contribution in [2.45, 2.75) is 0 Å². The summed E-state index contributed by atoms with van der Waals surface area (Å²) in [6, 6.07) is 14.2. The van der Waals surface area contributed by atoms with E-state index in [1.54, 1.807) is 18.3 Å². The molecule has 0 atom stereocenters. The Morgan fingerprint density at radius 1 is 1.15 bits per heavy atom. The second-order valence-corrected chi connectivity index (χ2v) is 4.32. The Balaban J connectivity index is 1.94. The maximum absolute atomic E-state index is 10.7. The van der Waals surface area contributed by atoms with Crippen molar-refractivity contribution < 1.29 is 4.92 Å². The van der Waals surface area contributed by atoms with E-state index in [1.807, 2.05) is 30.5 Å². The third-order valence-corrected chi connectivity index (χ3v) is 3.01. The molecule has 0 saturated heterocycles. The van der Waals surface area contributed by atoms with Crippen molar-refractivity contribution in [1.82, 2.24) is 4.98 Å². The lowest BCUT2D eigenvalue weighted by molar-refractivity contribution is -0.384. The van der Waals surface area contributed by atoms with Crippen LogP contribution in [0.4, 0.5) is 11.4 Å². The first-order valence-electron chi connectivity index (χ1n) is 6.09. The zero-order chi connectivity index (χ0) is 13.9. The second kappa shape index (κ2) is 4.97. The van der Waals surface area contributed by atoms with Gasteiger partial charge in [-0.25, -0.2) is 0 Å². The minimum absolute atomic E-state index is 0.0403. The highest BCUT2D eigenvalue weighted by molar-refractivity contribution is 5.99. The van der Waals surface area contributed by atoms with Crippen molar-refractivity contribution in [3.8, 4) is 0 Å². The van der Waals surface area contributed by atoms with Crippen molar-refractivity contribution in [3.63, 3.8) is 0 Å². The van der Waals surface area contributed by atoms with E-state index in [0.717, 1.165) is 16.5 Å². The summed E-state index contributed by atoms with van der Waals surface area (Å²) in [6.45, 7) is 0. The Hall–Kier alpha value is -2.95. The highest BCUT2D eigenvalue weighted by Gasteiger charge is 2.05. The number of H-pyrrole nitrogens is 1. The van der Waals surface area contributed by atoms with Gasteiger partial charge in [0, 0.05) is 41.0 Å². The average molecular weight is 265 g/mol. The highest BCUT2D eigenvalue weighted by atomic mass is 16.6. The molecule has 0 fully saturated rings. The Labute approximate surface area is 114 Å². The van der Waals surface area contributed by atoms with Crippen molar-refractivity contribution in [1.29, 1.82) is 0 Å². The summed E-state index contributed by atoms with van der Waals surface area (Å²) in [5.41, 5.74) is 2.59. The lowest BCUT2D eigenvalue weighted by Crippen LogP contribution is -1.86. The van der Waals surface area contributed by atoms with E-state index >= 15 is 0 Å². The van der Waals surface area contributed by atoms with Gasteiger partial charge < -0.3 is 4.98 Å². The molecule has 1 aromatic heterocycles. The quantitative estimate of drug-likeness (QED) is 0.444. The molecule has 0 aliphatic rings. The van der Waals surface area contributed by atoms with Gasteiger partial charge in [-0.2, -0.15) is 0 Å². The summed E-state index contributed by atoms with van der Waals surface area (Å²) in [5, 5.41) is 11.8. The maximum Gasteiger partial charge on any atom is 0.271 e. The monoisotopic (exact) mass is 265 g/mol. The number of hydrogen-bond donors (Lipinski definition) is 1. The van der Waals surface area contributed by atoms with Crippen molar-refractivity contribution in [3.05, 3.63) is 70.4 Å². The molecule has 20 heavy (non-hydrogen) atoms. The fraction of sp³-hybridized carbons (Fsp3) is 0. The molecule has 0 aliphatic carbocycles. The zero-order valence-corrected chi connectivity index (χ0v) is 10.5. The fourth-order valence-corrected chi connectivity index (χ4v) is 2.03. The average Bonchev–Trinajstić information content (AvgIpc) is 2.89. The van der Waals surface area contributed by atoms with E-state index in [0.29, 0.717) is 5.69 Å². The third kappa shape index (κ3) is 2.29. The predicted octanol–water partition coefficient (Wildman–Crippen LogP) is 3.83. The summed E-state index contributed by atoms with van der Waals surface area (Å²) in [4.78, 5) is 17.7. The molecule has 0 saturated carbocycles. The minimum atomic E-state index is -0.426. The van der Waals surface area contributed by atoms with Crippen molar-refractivity contribution in [2.75, 3.05) is 0 Å².